The predicted molar refractivity (Wildman–Crippen MR) is 65.5 cm³/mol. The summed E-state index contributed by atoms with van der Waals surface area (Å²) < 4.78 is 26.7. The largest absolute Gasteiger partial charge is 0.481 e. The average molecular weight is 263 g/mol. The summed E-state index contributed by atoms with van der Waals surface area (Å²) in [7, 11) is 0. The lowest BCUT2D eigenvalue weighted by Crippen LogP contribution is -2.45. The second-order valence-electron chi connectivity index (χ2n) is 5.84. The highest BCUT2D eigenvalue weighted by atomic mass is 19.3. The Kier molecular flexibility index (Phi) is 4.70. The smallest absolute Gasteiger partial charge is 0.311 e. The van der Waals surface area contributed by atoms with Crippen molar-refractivity contribution in [2.75, 3.05) is 6.54 Å². The van der Waals surface area contributed by atoms with Gasteiger partial charge in [-0.15, -0.1) is 0 Å². The zero-order valence-electron chi connectivity index (χ0n) is 11.1. The van der Waals surface area contributed by atoms with Crippen LogP contribution in [0.25, 0.3) is 0 Å². The van der Waals surface area contributed by atoms with Crippen LogP contribution in [0.15, 0.2) is 0 Å². The van der Waals surface area contributed by atoms with E-state index in [1.807, 2.05) is 0 Å². The van der Waals surface area contributed by atoms with Gasteiger partial charge in [-0.25, -0.2) is 8.78 Å². The van der Waals surface area contributed by atoms with Crippen molar-refractivity contribution >= 4 is 5.97 Å². The number of hydrogen-bond acceptors (Lipinski definition) is 2. The number of rotatable bonds is 5. The summed E-state index contributed by atoms with van der Waals surface area (Å²) in [6.07, 6.45) is 1.13. The number of halogens is 2. The third-order valence-corrected chi connectivity index (χ3v) is 4.29. The van der Waals surface area contributed by atoms with Crippen LogP contribution in [0.1, 0.15) is 46.0 Å². The van der Waals surface area contributed by atoms with Crippen LogP contribution >= 0.6 is 0 Å². The lowest BCUT2D eigenvalue weighted by molar-refractivity contribution is -0.154. The topological polar surface area (TPSA) is 63.3 Å². The highest BCUT2D eigenvalue weighted by molar-refractivity contribution is 5.75. The molecule has 1 fully saturated rings. The van der Waals surface area contributed by atoms with Gasteiger partial charge in [0.25, 0.3) is 0 Å². The quantitative estimate of drug-likeness (QED) is 0.801. The minimum atomic E-state index is -2.64. The molecule has 5 heteroatoms. The van der Waals surface area contributed by atoms with Crippen molar-refractivity contribution in [1.82, 2.24) is 0 Å². The molecule has 0 amide bonds. The molecule has 2 atom stereocenters. The van der Waals surface area contributed by atoms with Crippen molar-refractivity contribution in [2.24, 2.45) is 23.0 Å². The van der Waals surface area contributed by atoms with E-state index in [0.29, 0.717) is 12.8 Å². The highest BCUT2D eigenvalue weighted by Gasteiger charge is 2.45. The monoisotopic (exact) mass is 263 g/mol. The number of nitrogens with two attached hydrogens (primary N) is 1. The van der Waals surface area contributed by atoms with Crippen molar-refractivity contribution in [1.29, 1.82) is 0 Å². The van der Waals surface area contributed by atoms with E-state index < -0.39 is 17.3 Å². The molecule has 1 aliphatic rings. The SMILES string of the molecule is CC(C)C(CN)(CC1CCCC(F)(F)C1)C(=O)O. The van der Waals surface area contributed by atoms with Crippen molar-refractivity contribution < 1.29 is 18.7 Å². The van der Waals surface area contributed by atoms with Gasteiger partial charge in [0.05, 0.1) is 5.41 Å². The van der Waals surface area contributed by atoms with Crippen molar-refractivity contribution in [2.45, 2.75) is 51.9 Å². The van der Waals surface area contributed by atoms with Gasteiger partial charge in [0.2, 0.25) is 5.92 Å². The summed E-state index contributed by atoms with van der Waals surface area (Å²) in [6, 6.07) is 0. The Balaban J connectivity index is 2.81. The molecule has 0 aromatic heterocycles. The first-order chi connectivity index (χ1) is 8.23. The first-order valence-corrected chi connectivity index (χ1v) is 6.55. The number of carboxylic acids is 1. The van der Waals surface area contributed by atoms with Crippen LogP contribution in [-0.2, 0) is 4.79 Å². The van der Waals surface area contributed by atoms with Gasteiger partial charge in [-0.3, -0.25) is 4.79 Å². The number of carbonyl (C=O) groups is 1. The fourth-order valence-electron chi connectivity index (χ4n) is 2.94. The zero-order chi connectivity index (χ0) is 14.0. The first-order valence-electron chi connectivity index (χ1n) is 6.55. The second-order valence-corrected chi connectivity index (χ2v) is 5.84. The standard InChI is InChI=1S/C13H23F2NO2/c1-9(2)12(8-16,11(17)18)6-10-4-3-5-13(14,15)7-10/h9-10H,3-8,16H2,1-2H3,(H,17,18). The molecule has 1 aliphatic carbocycles. The number of alkyl halides is 2. The van der Waals surface area contributed by atoms with Crippen molar-refractivity contribution in [3.05, 3.63) is 0 Å². The molecular weight excluding hydrogens is 240 g/mol. The molecule has 0 bridgehead atoms. The fourth-order valence-corrected chi connectivity index (χ4v) is 2.94. The Morgan fingerprint density at radius 1 is 1.56 bits per heavy atom. The summed E-state index contributed by atoms with van der Waals surface area (Å²) in [5.74, 6) is -4.00. The summed E-state index contributed by atoms with van der Waals surface area (Å²) in [4.78, 5) is 11.5. The fraction of sp³-hybridized carbons (Fsp3) is 0.923. The predicted octanol–water partition coefficient (Wildman–Crippen LogP) is 2.89. The summed E-state index contributed by atoms with van der Waals surface area (Å²) >= 11 is 0. The van der Waals surface area contributed by atoms with E-state index in [4.69, 9.17) is 5.73 Å². The molecule has 3 N–H and O–H groups in total. The van der Waals surface area contributed by atoms with Gasteiger partial charge in [0.15, 0.2) is 0 Å². The molecule has 0 aliphatic heterocycles. The van der Waals surface area contributed by atoms with Crippen LogP contribution in [0.4, 0.5) is 8.78 Å². The second kappa shape index (κ2) is 5.51. The number of carboxylic acid groups (broad SMARTS) is 1. The van der Waals surface area contributed by atoms with E-state index in [2.05, 4.69) is 0 Å². The summed E-state index contributed by atoms with van der Waals surface area (Å²) in [5.41, 5.74) is 4.55. The van der Waals surface area contributed by atoms with Gasteiger partial charge in [-0.2, -0.15) is 0 Å². The minimum absolute atomic E-state index is 0.00205. The normalized spacial score (nSPS) is 26.9. The van der Waals surface area contributed by atoms with Crippen LogP contribution in [0.2, 0.25) is 0 Å². The molecule has 0 aromatic carbocycles. The van der Waals surface area contributed by atoms with Crippen molar-refractivity contribution in [3.8, 4) is 0 Å². The molecule has 2 unspecified atom stereocenters. The van der Waals surface area contributed by atoms with Crippen molar-refractivity contribution in [3.63, 3.8) is 0 Å². The molecular formula is C13H23F2NO2. The van der Waals surface area contributed by atoms with Gasteiger partial charge in [-0.05, 0) is 31.1 Å². The first kappa shape index (κ1) is 15.3. The van der Waals surface area contributed by atoms with Gasteiger partial charge < -0.3 is 10.8 Å². The van der Waals surface area contributed by atoms with Gasteiger partial charge in [-0.1, -0.05) is 13.8 Å². The van der Waals surface area contributed by atoms with E-state index in [1.54, 1.807) is 13.8 Å². The Morgan fingerprint density at radius 3 is 2.56 bits per heavy atom. The molecule has 1 rings (SSSR count). The molecule has 0 radical (unpaired) electrons. The third kappa shape index (κ3) is 3.19. The number of hydrogen-bond donors (Lipinski definition) is 2. The maximum Gasteiger partial charge on any atom is 0.311 e. The minimum Gasteiger partial charge on any atom is -0.481 e. The molecule has 1 saturated carbocycles. The molecule has 0 heterocycles. The van der Waals surface area contributed by atoms with Crippen LogP contribution < -0.4 is 5.73 Å². The Hall–Kier alpha value is -0.710. The van der Waals surface area contributed by atoms with E-state index in [0.717, 1.165) is 0 Å². The van der Waals surface area contributed by atoms with Gasteiger partial charge in [0.1, 0.15) is 0 Å². The van der Waals surface area contributed by atoms with Crippen LogP contribution in [0.3, 0.4) is 0 Å². The summed E-state index contributed by atoms with van der Waals surface area (Å²) in [5, 5.41) is 9.39. The van der Waals surface area contributed by atoms with Gasteiger partial charge >= 0.3 is 5.97 Å². The third-order valence-electron chi connectivity index (χ3n) is 4.29. The van der Waals surface area contributed by atoms with E-state index >= 15 is 0 Å². The maximum absolute atomic E-state index is 13.4. The molecule has 0 aromatic rings. The highest BCUT2D eigenvalue weighted by Crippen LogP contribution is 2.43. The zero-order valence-corrected chi connectivity index (χ0v) is 11.1. The molecule has 0 spiro atoms. The average Bonchev–Trinajstić information content (AvgIpc) is 2.23. The van der Waals surface area contributed by atoms with E-state index in [9.17, 15) is 18.7 Å². The molecule has 0 saturated heterocycles. The van der Waals surface area contributed by atoms with E-state index in [-0.39, 0.29) is 37.6 Å². The van der Waals surface area contributed by atoms with E-state index in [1.165, 1.54) is 0 Å². The lowest BCUT2D eigenvalue weighted by atomic mass is 9.68. The van der Waals surface area contributed by atoms with Crippen LogP contribution in [-0.4, -0.2) is 23.5 Å². The Labute approximate surface area is 107 Å². The summed E-state index contributed by atoms with van der Waals surface area (Å²) in [6.45, 7) is 3.59. The van der Waals surface area contributed by atoms with Crippen LogP contribution in [0, 0.1) is 17.3 Å². The number of aliphatic carboxylic acids is 1. The van der Waals surface area contributed by atoms with Gasteiger partial charge in [0, 0.05) is 19.4 Å². The Bertz CT molecular complexity index is 307. The molecule has 106 valence electrons. The molecule has 18 heavy (non-hydrogen) atoms. The maximum atomic E-state index is 13.4. The Morgan fingerprint density at radius 2 is 2.17 bits per heavy atom. The molecule has 3 nitrogen and oxygen atoms in total. The lowest BCUT2D eigenvalue weighted by Gasteiger charge is -2.38. The van der Waals surface area contributed by atoms with Crippen LogP contribution in [0.5, 0.6) is 0 Å².